The van der Waals surface area contributed by atoms with Gasteiger partial charge in [-0.1, -0.05) is 12.8 Å². The van der Waals surface area contributed by atoms with Crippen LogP contribution in [0.15, 0.2) is 12.1 Å². The van der Waals surface area contributed by atoms with Crippen LogP contribution in [0.3, 0.4) is 0 Å². The highest BCUT2D eigenvalue weighted by Crippen LogP contribution is 2.37. The van der Waals surface area contributed by atoms with Gasteiger partial charge in [0.05, 0.1) is 0 Å². The minimum atomic E-state index is -0.830. The van der Waals surface area contributed by atoms with Crippen LogP contribution in [0.4, 0.5) is 8.78 Å². The second kappa shape index (κ2) is 4.18. The van der Waals surface area contributed by atoms with E-state index in [4.69, 9.17) is 11.0 Å². The highest BCUT2D eigenvalue weighted by atomic mass is 19.1. The Hall–Kier alpha value is -1.47. The molecule has 1 aromatic carbocycles. The maximum Gasteiger partial charge on any atom is 0.144 e. The fourth-order valence-corrected chi connectivity index (χ4v) is 1.76. The topological polar surface area (TPSA) is 49.8 Å². The largest absolute Gasteiger partial charge is 0.324 e. The quantitative estimate of drug-likeness (QED) is 0.854. The molecule has 1 aromatic rings. The van der Waals surface area contributed by atoms with E-state index in [-0.39, 0.29) is 6.04 Å². The minimum Gasteiger partial charge on any atom is -0.324 e. The zero-order valence-corrected chi connectivity index (χ0v) is 8.71. The molecule has 84 valence electrons. The molecule has 0 heterocycles. The van der Waals surface area contributed by atoms with E-state index in [1.807, 2.05) is 0 Å². The van der Waals surface area contributed by atoms with E-state index in [1.54, 1.807) is 0 Å². The first-order valence-corrected chi connectivity index (χ1v) is 5.26. The number of hydrogen-bond donors (Lipinski definition) is 1. The van der Waals surface area contributed by atoms with Crippen molar-refractivity contribution in [3.05, 3.63) is 34.9 Å². The third-order valence-corrected chi connectivity index (χ3v) is 2.89. The van der Waals surface area contributed by atoms with Crippen molar-refractivity contribution in [2.75, 3.05) is 0 Å². The van der Waals surface area contributed by atoms with Gasteiger partial charge in [0.15, 0.2) is 0 Å². The van der Waals surface area contributed by atoms with E-state index >= 15 is 0 Å². The van der Waals surface area contributed by atoms with Gasteiger partial charge in [-0.05, 0) is 30.0 Å². The van der Waals surface area contributed by atoms with E-state index in [2.05, 4.69) is 0 Å². The maximum absolute atomic E-state index is 13.3. The molecule has 1 aliphatic carbocycles. The summed E-state index contributed by atoms with van der Waals surface area (Å²) < 4.78 is 26.6. The first kappa shape index (κ1) is 11.0. The van der Waals surface area contributed by atoms with Crippen molar-refractivity contribution >= 4 is 0 Å². The number of halogens is 2. The summed E-state index contributed by atoms with van der Waals surface area (Å²) >= 11 is 0. The molecule has 0 bridgehead atoms. The summed E-state index contributed by atoms with van der Waals surface area (Å²) in [4.78, 5) is 0. The molecule has 16 heavy (non-hydrogen) atoms. The Morgan fingerprint density at radius 2 is 1.94 bits per heavy atom. The van der Waals surface area contributed by atoms with Crippen LogP contribution in [-0.2, 0) is 0 Å². The Balaban J connectivity index is 2.24. The molecule has 0 radical (unpaired) electrons. The average Bonchev–Trinajstić information content (AvgIpc) is 3.01. The molecular weight excluding hydrogens is 210 g/mol. The van der Waals surface area contributed by atoms with Gasteiger partial charge in [-0.2, -0.15) is 5.26 Å². The summed E-state index contributed by atoms with van der Waals surface area (Å²) in [6.07, 6.45) is 3.05. The standard InChI is InChI=1S/C12H12F2N2/c13-10-4-8(5-11(14)9(10)6-15)12(16)3-7-1-2-7/h4-5,7,12H,1-3,16H2/t12-/m1/s1. The number of rotatable bonds is 3. The van der Waals surface area contributed by atoms with Gasteiger partial charge in [-0.25, -0.2) is 8.78 Å². The first-order chi connectivity index (χ1) is 7.61. The van der Waals surface area contributed by atoms with Gasteiger partial charge in [0.1, 0.15) is 23.3 Å². The van der Waals surface area contributed by atoms with Crippen LogP contribution < -0.4 is 5.73 Å². The summed E-state index contributed by atoms with van der Waals surface area (Å²) in [6, 6.07) is 3.47. The van der Waals surface area contributed by atoms with Crippen molar-refractivity contribution in [3.8, 4) is 6.07 Å². The Kier molecular flexibility index (Phi) is 2.88. The lowest BCUT2D eigenvalue weighted by Gasteiger charge is -2.12. The van der Waals surface area contributed by atoms with Crippen LogP contribution in [0.25, 0.3) is 0 Å². The van der Waals surface area contributed by atoms with Gasteiger partial charge in [0.25, 0.3) is 0 Å². The monoisotopic (exact) mass is 222 g/mol. The van der Waals surface area contributed by atoms with Crippen LogP contribution >= 0.6 is 0 Å². The third-order valence-electron chi connectivity index (χ3n) is 2.89. The molecule has 1 fully saturated rings. The molecule has 1 aliphatic rings. The predicted molar refractivity (Wildman–Crippen MR) is 55.3 cm³/mol. The Labute approximate surface area is 92.7 Å². The van der Waals surface area contributed by atoms with Gasteiger partial charge < -0.3 is 5.73 Å². The molecule has 0 unspecified atom stereocenters. The number of benzene rings is 1. The highest BCUT2D eigenvalue weighted by Gasteiger charge is 2.25. The molecule has 4 heteroatoms. The zero-order valence-electron chi connectivity index (χ0n) is 8.71. The van der Waals surface area contributed by atoms with E-state index < -0.39 is 17.2 Å². The molecule has 2 rings (SSSR count). The highest BCUT2D eigenvalue weighted by molar-refractivity contribution is 5.36. The second-order valence-corrected chi connectivity index (χ2v) is 4.26. The normalized spacial score (nSPS) is 16.9. The van der Waals surface area contributed by atoms with Gasteiger partial charge >= 0.3 is 0 Å². The Bertz CT molecular complexity index is 424. The summed E-state index contributed by atoms with van der Waals surface area (Å²) in [5, 5.41) is 8.52. The molecule has 0 spiro atoms. The van der Waals surface area contributed by atoms with Crippen molar-refractivity contribution in [1.82, 2.24) is 0 Å². The first-order valence-electron chi connectivity index (χ1n) is 5.26. The Morgan fingerprint density at radius 1 is 1.38 bits per heavy atom. The van der Waals surface area contributed by atoms with Crippen LogP contribution in [0.1, 0.15) is 36.4 Å². The minimum absolute atomic E-state index is 0.343. The SMILES string of the molecule is N#Cc1c(F)cc([C@H](N)CC2CC2)cc1F. The van der Waals surface area contributed by atoms with Crippen LogP contribution in [0.5, 0.6) is 0 Å². The summed E-state index contributed by atoms with van der Waals surface area (Å²) in [6.45, 7) is 0. The van der Waals surface area contributed by atoms with E-state index in [0.29, 0.717) is 11.5 Å². The van der Waals surface area contributed by atoms with Crippen LogP contribution in [0.2, 0.25) is 0 Å². The van der Waals surface area contributed by atoms with Gasteiger partial charge in [0.2, 0.25) is 0 Å². The van der Waals surface area contributed by atoms with Gasteiger partial charge in [-0.3, -0.25) is 0 Å². The molecule has 0 aliphatic heterocycles. The lowest BCUT2D eigenvalue weighted by atomic mass is 10.0. The molecule has 1 saturated carbocycles. The van der Waals surface area contributed by atoms with Gasteiger partial charge in [0, 0.05) is 6.04 Å². The lowest BCUT2D eigenvalue weighted by Crippen LogP contribution is -2.12. The number of nitriles is 1. The van der Waals surface area contributed by atoms with Crippen molar-refractivity contribution in [2.24, 2.45) is 11.7 Å². The lowest BCUT2D eigenvalue weighted by molar-refractivity contribution is 0.552. The van der Waals surface area contributed by atoms with Crippen molar-refractivity contribution < 1.29 is 8.78 Å². The van der Waals surface area contributed by atoms with Crippen LogP contribution in [0, 0.1) is 28.9 Å². The van der Waals surface area contributed by atoms with Crippen LogP contribution in [-0.4, -0.2) is 0 Å². The fourth-order valence-electron chi connectivity index (χ4n) is 1.76. The van der Waals surface area contributed by atoms with Crippen molar-refractivity contribution in [3.63, 3.8) is 0 Å². The fraction of sp³-hybridized carbons (Fsp3) is 0.417. The summed E-state index contributed by atoms with van der Waals surface area (Å²) in [5.74, 6) is -1.07. The molecule has 1 atom stereocenters. The number of nitrogens with two attached hydrogens (primary N) is 1. The molecule has 2 N–H and O–H groups in total. The van der Waals surface area contributed by atoms with E-state index in [0.717, 1.165) is 31.4 Å². The van der Waals surface area contributed by atoms with E-state index in [9.17, 15) is 8.78 Å². The smallest absolute Gasteiger partial charge is 0.144 e. The summed E-state index contributed by atoms with van der Waals surface area (Å²) in [5.41, 5.74) is 5.74. The third kappa shape index (κ3) is 2.20. The average molecular weight is 222 g/mol. The predicted octanol–water partition coefficient (Wildman–Crippen LogP) is 2.64. The van der Waals surface area contributed by atoms with Gasteiger partial charge in [-0.15, -0.1) is 0 Å². The maximum atomic E-state index is 13.3. The number of nitrogens with zero attached hydrogens (tertiary/aromatic N) is 1. The molecule has 2 nitrogen and oxygen atoms in total. The number of hydrogen-bond acceptors (Lipinski definition) is 2. The molecular formula is C12H12F2N2. The second-order valence-electron chi connectivity index (χ2n) is 4.26. The van der Waals surface area contributed by atoms with Crippen molar-refractivity contribution in [2.45, 2.75) is 25.3 Å². The molecule has 0 saturated heterocycles. The molecule has 0 aromatic heterocycles. The zero-order chi connectivity index (χ0) is 11.7. The summed E-state index contributed by atoms with van der Waals surface area (Å²) in [7, 11) is 0. The van der Waals surface area contributed by atoms with E-state index in [1.165, 1.54) is 6.07 Å². The van der Waals surface area contributed by atoms with Crippen molar-refractivity contribution in [1.29, 1.82) is 5.26 Å². The Morgan fingerprint density at radius 3 is 2.38 bits per heavy atom. The molecule has 0 amide bonds.